The van der Waals surface area contributed by atoms with Gasteiger partial charge in [0.05, 0.1) is 24.7 Å². The molecule has 4 nitrogen and oxygen atoms in total. The lowest BCUT2D eigenvalue weighted by Crippen LogP contribution is -2.33. The number of nitrogens with zero attached hydrogens (tertiary/aromatic N) is 2. The van der Waals surface area contributed by atoms with Crippen LogP contribution in [0, 0.1) is 5.92 Å². The molecule has 0 spiro atoms. The highest BCUT2D eigenvalue weighted by Crippen LogP contribution is 2.31. The molecule has 5 heteroatoms. The van der Waals surface area contributed by atoms with Crippen molar-refractivity contribution in [1.82, 2.24) is 4.98 Å². The molecule has 4 rings (SSSR count). The van der Waals surface area contributed by atoms with Crippen LogP contribution in [0.2, 0.25) is 5.15 Å². The van der Waals surface area contributed by atoms with Gasteiger partial charge >= 0.3 is 0 Å². The van der Waals surface area contributed by atoms with E-state index < -0.39 is 0 Å². The summed E-state index contributed by atoms with van der Waals surface area (Å²) in [5.41, 5.74) is 3.60. The zero-order valence-corrected chi connectivity index (χ0v) is 15.8. The van der Waals surface area contributed by atoms with Crippen LogP contribution in [0.1, 0.15) is 5.56 Å². The highest BCUT2D eigenvalue weighted by atomic mass is 35.5. The fraction of sp³-hybridized carbons (Fsp3) is 0.227. The Labute approximate surface area is 164 Å². The Hall–Kier alpha value is -2.72. The number of rotatable bonds is 7. The smallest absolute Gasteiger partial charge is 0.129 e. The van der Waals surface area contributed by atoms with Crippen molar-refractivity contribution in [2.45, 2.75) is 6.42 Å². The standard InChI is InChI=1S/C22H22ClN3O/c23-22-11-10-17(13-24-22)12-18(15-27-19-6-2-1-3-7-19)14-26-16-25-20-8-4-5-9-21(20)26/h1-11,13,18,25H,12,14-16H2. The van der Waals surface area contributed by atoms with Gasteiger partial charge in [-0.3, -0.25) is 0 Å². The molecule has 0 bridgehead atoms. The van der Waals surface area contributed by atoms with E-state index in [2.05, 4.69) is 39.5 Å². The summed E-state index contributed by atoms with van der Waals surface area (Å²) in [6.45, 7) is 2.37. The summed E-state index contributed by atoms with van der Waals surface area (Å²) in [5.74, 6) is 1.22. The van der Waals surface area contributed by atoms with Crippen LogP contribution in [-0.2, 0) is 6.42 Å². The molecule has 2 heterocycles. The first kappa shape index (κ1) is 17.7. The lowest BCUT2D eigenvalue weighted by Gasteiger charge is -2.25. The van der Waals surface area contributed by atoms with Gasteiger partial charge in [-0.15, -0.1) is 0 Å². The molecule has 0 saturated heterocycles. The average Bonchev–Trinajstić information content (AvgIpc) is 3.12. The second-order valence-electron chi connectivity index (χ2n) is 6.76. The fourth-order valence-electron chi connectivity index (χ4n) is 3.41. The molecule has 27 heavy (non-hydrogen) atoms. The van der Waals surface area contributed by atoms with Gasteiger partial charge in [0.1, 0.15) is 10.9 Å². The van der Waals surface area contributed by atoms with Gasteiger partial charge in [-0.05, 0) is 42.3 Å². The van der Waals surface area contributed by atoms with Crippen molar-refractivity contribution in [2.75, 3.05) is 30.0 Å². The maximum Gasteiger partial charge on any atom is 0.129 e. The van der Waals surface area contributed by atoms with E-state index in [1.54, 1.807) is 0 Å². The minimum absolute atomic E-state index is 0.320. The van der Waals surface area contributed by atoms with Crippen LogP contribution in [0.4, 0.5) is 11.4 Å². The van der Waals surface area contributed by atoms with E-state index in [9.17, 15) is 0 Å². The summed E-state index contributed by atoms with van der Waals surface area (Å²) >= 11 is 5.93. The number of hydrogen-bond acceptors (Lipinski definition) is 4. The molecule has 1 aliphatic rings. The summed E-state index contributed by atoms with van der Waals surface area (Å²) < 4.78 is 6.07. The summed E-state index contributed by atoms with van der Waals surface area (Å²) in [6.07, 6.45) is 2.74. The fourth-order valence-corrected chi connectivity index (χ4v) is 3.52. The maximum atomic E-state index is 6.07. The maximum absolute atomic E-state index is 6.07. The number of aromatic nitrogens is 1. The zero-order chi connectivity index (χ0) is 18.5. The van der Waals surface area contributed by atoms with E-state index >= 15 is 0 Å². The summed E-state index contributed by atoms with van der Waals surface area (Å²) in [5, 5.41) is 3.98. The van der Waals surface area contributed by atoms with Crippen LogP contribution in [0.25, 0.3) is 0 Å². The number of ether oxygens (including phenoxy) is 1. The molecule has 2 aromatic carbocycles. The molecular formula is C22H22ClN3O. The lowest BCUT2D eigenvalue weighted by molar-refractivity contribution is 0.250. The predicted molar refractivity (Wildman–Crippen MR) is 111 cm³/mol. The van der Waals surface area contributed by atoms with E-state index in [1.807, 2.05) is 48.7 Å². The first-order valence-electron chi connectivity index (χ1n) is 9.14. The molecule has 1 aliphatic heterocycles. The number of para-hydroxylation sites is 3. The first-order chi connectivity index (χ1) is 13.3. The van der Waals surface area contributed by atoms with Crippen molar-refractivity contribution in [3.8, 4) is 5.75 Å². The topological polar surface area (TPSA) is 37.4 Å². The van der Waals surface area contributed by atoms with Crippen molar-refractivity contribution in [3.63, 3.8) is 0 Å². The highest BCUT2D eigenvalue weighted by molar-refractivity contribution is 6.29. The second kappa shape index (κ2) is 8.31. The number of pyridine rings is 1. The third-order valence-electron chi connectivity index (χ3n) is 4.73. The minimum atomic E-state index is 0.320. The van der Waals surface area contributed by atoms with Crippen LogP contribution in [0.5, 0.6) is 5.75 Å². The molecule has 1 aromatic heterocycles. The largest absolute Gasteiger partial charge is 0.493 e. The van der Waals surface area contributed by atoms with Crippen LogP contribution >= 0.6 is 11.6 Å². The minimum Gasteiger partial charge on any atom is -0.493 e. The molecular weight excluding hydrogens is 358 g/mol. The van der Waals surface area contributed by atoms with Gasteiger partial charge in [0, 0.05) is 18.7 Å². The van der Waals surface area contributed by atoms with E-state index in [0.717, 1.165) is 25.4 Å². The molecule has 1 N–H and O–H groups in total. The summed E-state index contributed by atoms with van der Waals surface area (Å²) in [4.78, 5) is 6.59. The highest BCUT2D eigenvalue weighted by Gasteiger charge is 2.22. The molecule has 138 valence electrons. The molecule has 0 fully saturated rings. The van der Waals surface area contributed by atoms with Crippen LogP contribution in [-0.4, -0.2) is 24.8 Å². The summed E-state index contributed by atoms with van der Waals surface area (Å²) in [7, 11) is 0. The molecule has 0 amide bonds. The molecule has 1 atom stereocenters. The zero-order valence-electron chi connectivity index (χ0n) is 15.0. The lowest BCUT2D eigenvalue weighted by atomic mass is 10.0. The van der Waals surface area contributed by atoms with Crippen molar-refractivity contribution < 1.29 is 4.74 Å². The predicted octanol–water partition coefficient (Wildman–Crippen LogP) is 4.86. The molecule has 0 aliphatic carbocycles. The number of fused-ring (bicyclic) bond motifs is 1. The first-order valence-corrected chi connectivity index (χ1v) is 9.52. The van der Waals surface area contributed by atoms with Crippen molar-refractivity contribution in [2.24, 2.45) is 5.92 Å². The average molecular weight is 380 g/mol. The monoisotopic (exact) mass is 379 g/mol. The van der Waals surface area contributed by atoms with E-state index in [1.165, 1.54) is 16.9 Å². The van der Waals surface area contributed by atoms with Gasteiger partial charge in [-0.1, -0.05) is 48.0 Å². The van der Waals surface area contributed by atoms with Crippen molar-refractivity contribution >= 4 is 23.0 Å². The third-order valence-corrected chi connectivity index (χ3v) is 4.95. The van der Waals surface area contributed by atoms with Gasteiger partial charge in [-0.25, -0.2) is 4.98 Å². The number of anilines is 2. The van der Waals surface area contributed by atoms with Gasteiger partial charge in [-0.2, -0.15) is 0 Å². The molecule has 1 unspecified atom stereocenters. The Morgan fingerprint density at radius 3 is 2.67 bits per heavy atom. The molecule has 0 radical (unpaired) electrons. The van der Waals surface area contributed by atoms with Crippen LogP contribution in [0.15, 0.2) is 72.9 Å². The Bertz CT molecular complexity index is 870. The van der Waals surface area contributed by atoms with Gasteiger partial charge in [0.2, 0.25) is 0 Å². The normalized spacial score (nSPS) is 13.7. The van der Waals surface area contributed by atoms with Crippen LogP contribution < -0.4 is 15.0 Å². The van der Waals surface area contributed by atoms with Crippen molar-refractivity contribution in [1.29, 1.82) is 0 Å². The van der Waals surface area contributed by atoms with E-state index in [0.29, 0.717) is 17.7 Å². The Balaban J connectivity index is 1.47. The van der Waals surface area contributed by atoms with E-state index in [4.69, 9.17) is 16.3 Å². The van der Waals surface area contributed by atoms with Crippen LogP contribution in [0.3, 0.4) is 0 Å². The number of nitrogens with one attached hydrogen (secondary N) is 1. The van der Waals surface area contributed by atoms with Gasteiger partial charge in [0.25, 0.3) is 0 Å². The van der Waals surface area contributed by atoms with E-state index in [-0.39, 0.29) is 0 Å². The SMILES string of the molecule is Clc1ccc(CC(COc2ccccc2)CN2CNc3ccccc32)cn1. The van der Waals surface area contributed by atoms with Crippen molar-refractivity contribution in [3.05, 3.63) is 83.6 Å². The molecule has 0 saturated carbocycles. The van der Waals surface area contributed by atoms with Gasteiger partial charge < -0.3 is 15.0 Å². The third kappa shape index (κ3) is 4.52. The van der Waals surface area contributed by atoms with Gasteiger partial charge in [0.15, 0.2) is 0 Å². The Morgan fingerprint density at radius 1 is 1.04 bits per heavy atom. The second-order valence-corrected chi connectivity index (χ2v) is 7.15. The summed E-state index contributed by atoms with van der Waals surface area (Å²) in [6, 6.07) is 22.3. The molecule has 3 aromatic rings. The number of hydrogen-bond donors (Lipinski definition) is 1. The Kier molecular flexibility index (Phi) is 5.45. The Morgan fingerprint density at radius 2 is 1.85 bits per heavy atom. The number of benzene rings is 2. The number of halogens is 1. The quantitative estimate of drug-likeness (QED) is 0.595.